The SMILES string of the molecule is O=C(Nc1nc2c(s1)CCCCCC2)c1cccc2c1OCO2. The zero-order valence-electron chi connectivity index (χ0n) is 12.8. The third-order valence-corrected chi connectivity index (χ3v) is 5.28. The monoisotopic (exact) mass is 330 g/mol. The number of benzene rings is 1. The molecule has 1 amide bonds. The summed E-state index contributed by atoms with van der Waals surface area (Å²) in [6.45, 7) is 0.158. The van der Waals surface area contributed by atoms with Gasteiger partial charge in [-0.05, 0) is 37.8 Å². The largest absolute Gasteiger partial charge is 0.454 e. The molecule has 4 rings (SSSR count). The van der Waals surface area contributed by atoms with Gasteiger partial charge in [-0.1, -0.05) is 18.9 Å². The highest BCUT2D eigenvalue weighted by molar-refractivity contribution is 7.15. The number of para-hydroxylation sites is 1. The third kappa shape index (κ3) is 2.91. The fourth-order valence-corrected chi connectivity index (χ4v) is 4.08. The third-order valence-electron chi connectivity index (χ3n) is 4.21. The van der Waals surface area contributed by atoms with Crippen LogP contribution in [0.25, 0.3) is 0 Å². The Morgan fingerprint density at radius 3 is 2.91 bits per heavy atom. The molecular formula is C17H18N2O3S. The van der Waals surface area contributed by atoms with Gasteiger partial charge in [-0.3, -0.25) is 10.1 Å². The lowest BCUT2D eigenvalue weighted by Crippen LogP contribution is -2.12. The molecule has 0 saturated heterocycles. The minimum Gasteiger partial charge on any atom is -0.454 e. The van der Waals surface area contributed by atoms with E-state index in [9.17, 15) is 4.79 Å². The van der Waals surface area contributed by atoms with Gasteiger partial charge in [-0.25, -0.2) is 4.98 Å². The number of hydrogen-bond donors (Lipinski definition) is 1. The van der Waals surface area contributed by atoms with Gasteiger partial charge in [0, 0.05) is 4.88 Å². The highest BCUT2D eigenvalue weighted by atomic mass is 32.1. The van der Waals surface area contributed by atoms with Crippen molar-refractivity contribution in [3.8, 4) is 11.5 Å². The van der Waals surface area contributed by atoms with Crippen LogP contribution in [-0.2, 0) is 12.8 Å². The molecule has 1 aliphatic heterocycles. The van der Waals surface area contributed by atoms with Gasteiger partial charge in [-0.2, -0.15) is 0 Å². The lowest BCUT2D eigenvalue weighted by molar-refractivity contribution is 0.102. The predicted molar refractivity (Wildman–Crippen MR) is 88.5 cm³/mol. The number of nitrogens with one attached hydrogen (secondary N) is 1. The van der Waals surface area contributed by atoms with E-state index in [0.717, 1.165) is 18.5 Å². The van der Waals surface area contributed by atoms with Gasteiger partial charge in [-0.15, -0.1) is 11.3 Å². The molecule has 0 unspecified atom stereocenters. The van der Waals surface area contributed by atoms with Crippen molar-refractivity contribution in [3.63, 3.8) is 0 Å². The van der Waals surface area contributed by atoms with Crippen LogP contribution in [0.4, 0.5) is 5.13 Å². The Bertz CT molecular complexity index is 716. The molecule has 1 N–H and O–H groups in total. The van der Waals surface area contributed by atoms with Crippen molar-refractivity contribution in [2.24, 2.45) is 0 Å². The molecule has 0 fully saturated rings. The molecule has 2 aliphatic rings. The number of anilines is 1. The second-order valence-corrected chi connectivity index (χ2v) is 6.88. The molecule has 1 aliphatic carbocycles. The van der Waals surface area contributed by atoms with Gasteiger partial charge in [0.2, 0.25) is 6.79 Å². The van der Waals surface area contributed by atoms with Crippen LogP contribution in [0.5, 0.6) is 11.5 Å². The van der Waals surface area contributed by atoms with Gasteiger partial charge >= 0.3 is 0 Å². The topological polar surface area (TPSA) is 60.5 Å². The van der Waals surface area contributed by atoms with E-state index in [0.29, 0.717) is 22.2 Å². The number of aryl methyl sites for hydroxylation is 2. The smallest absolute Gasteiger partial charge is 0.261 e. The Labute approximate surface area is 138 Å². The molecule has 0 bridgehead atoms. The number of nitrogens with zero attached hydrogens (tertiary/aromatic N) is 1. The van der Waals surface area contributed by atoms with Crippen molar-refractivity contribution in [3.05, 3.63) is 34.3 Å². The number of aromatic nitrogens is 1. The number of amides is 1. The van der Waals surface area contributed by atoms with E-state index >= 15 is 0 Å². The number of fused-ring (bicyclic) bond motifs is 2. The maximum Gasteiger partial charge on any atom is 0.261 e. The minimum atomic E-state index is -0.200. The zero-order valence-corrected chi connectivity index (χ0v) is 13.6. The first kappa shape index (κ1) is 14.5. The average Bonchev–Trinajstić information content (AvgIpc) is 3.14. The Hall–Kier alpha value is -2.08. The maximum atomic E-state index is 12.5. The molecule has 2 aromatic rings. The first-order valence-electron chi connectivity index (χ1n) is 8.00. The van der Waals surface area contributed by atoms with Gasteiger partial charge in [0.1, 0.15) is 0 Å². The summed E-state index contributed by atoms with van der Waals surface area (Å²) in [5.41, 5.74) is 1.64. The Morgan fingerprint density at radius 2 is 2.00 bits per heavy atom. The summed E-state index contributed by atoms with van der Waals surface area (Å²) in [6.07, 6.45) is 7.03. The molecule has 5 nitrogen and oxygen atoms in total. The Morgan fingerprint density at radius 1 is 1.13 bits per heavy atom. The number of thiazole rings is 1. The van der Waals surface area contributed by atoms with Crippen molar-refractivity contribution >= 4 is 22.4 Å². The molecule has 2 heterocycles. The van der Waals surface area contributed by atoms with Crippen molar-refractivity contribution in [2.45, 2.75) is 38.5 Å². The molecular weight excluding hydrogens is 312 g/mol. The van der Waals surface area contributed by atoms with E-state index < -0.39 is 0 Å². The molecule has 0 spiro atoms. The zero-order chi connectivity index (χ0) is 15.6. The summed E-state index contributed by atoms with van der Waals surface area (Å²) in [4.78, 5) is 18.5. The van der Waals surface area contributed by atoms with Crippen molar-refractivity contribution in [1.29, 1.82) is 0 Å². The fourth-order valence-electron chi connectivity index (χ4n) is 3.03. The molecule has 1 aromatic carbocycles. The summed E-state index contributed by atoms with van der Waals surface area (Å²) in [6, 6.07) is 5.34. The van der Waals surface area contributed by atoms with Crippen molar-refractivity contribution in [1.82, 2.24) is 4.98 Å². The van der Waals surface area contributed by atoms with Crippen LogP contribution in [0, 0.1) is 0 Å². The molecule has 1 aromatic heterocycles. The number of carbonyl (C=O) groups excluding carboxylic acids is 1. The first-order valence-corrected chi connectivity index (χ1v) is 8.81. The summed E-state index contributed by atoms with van der Waals surface area (Å²) in [5, 5.41) is 3.60. The highest BCUT2D eigenvalue weighted by Gasteiger charge is 2.23. The van der Waals surface area contributed by atoms with E-state index in [-0.39, 0.29) is 12.7 Å². The Balaban J connectivity index is 1.55. The second kappa shape index (κ2) is 6.20. The number of rotatable bonds is 2. The first-order chi connectivity index (χ1) is 11.3. The predicted octanol–water partition coefficient (Wildman–Crippen LogP) is 3.78. The Kier molecular flexibility index (Phi) is 3.91. The molecule has 0 radical (unpaired) electrons. The summed E-state index contributed by atoms with van der Waals surface area (Å²) >= 11 is 1.60. The molecule has 120 valence electrons. The normalized spacial score (nSPS) is 16.3. The molecule has 0 atom stereocenters. The van der Waals surface area contributed by atoms with Crippen LogP contribution in [-0.4, -0.2) is 17.7 Å². The van der Waals surface area contributed by atoms with Crippen LogP contribution >= 0.6 is 11.3 Å². The minimum absolute atomic E-state index is 0.158. The van der Waals surface area contributed by atoms with Crippen LogP contribution in [0.2, 0.25) is 0 Å². The summed E-state index contributed by atoms with van der Waals surface area (Å²) < 4.78 is 10.7. The van der Waals surface area contributed by atoms with E-state index in [1.807, 2.05) is 0 Å². The van der Waals surface area contributed by atoms with Crippen LogP contribution in [0.3, 0.4) is 0 Å². The van der Waals surface area contributed by atoms with Crippen LogP contribution in [0.15, 0.2) is 18.2 Å². The fraction of sp³-hybridized carbons (Fsp3) is 0.412. The van der Waals surface area contributed by atoms with Gasteiger partial charge in [0.25, 0.3) is 5.91 Å². The molecule has 0 saturated carbocycles. The number of ether oxygens (including phenoxy) is 2. The standard InChI is InChI=1S/C17H18N2O3S/c20-16(11-6-5-8-13-15(11)22-10-21-13)19-17-18-12-7-3-1-2-4-9-14(12)23-17/h5-6,8H,1-4,7,9-10H2,(H,18,19,20). The van der Waals surface area contributed by atoms with Gasteiger partial charge in [0.05, 0.1) is 11.3 Å². The summed E-state index contributed by atoms with van der Waals surface area (Å²) in [5.74, 6) is 0.929. The maximum absolute atomic E-state index is 12.5. The van der Waals surface area contributed by atoms with E-state index in [1.54, 1.807) is 29.5 Å². The van der Waals surface area contributed by atoms with Crippen molar-refractivity contribution < 1.29 is 14.3 Å². The highest BCUT2D eigenvalue weighted by Crippen LogP contribution is 2.36. The van der Waals surface area contributed by atoms with Crippen LogP contribution in [0.1, 0.15) is 46.6 Å². The lowest BCUT2D eigenvalue weighted by Gasteiger charge is -2.06. The van der Waals surface area contributed by atoms with Crippen molar-refractivity contribution in [2.75, 3.05) is 12.1 Å². The van der Waals surface area contributed by atoms with Crippen LogP contribution < -0.4 is 14.8 Å². The van der Waals surface area contributed by atoms with E-state index in [4.69, 9.17) is 9.47 Å². The quantitative estimate of drug-likeness (QED) is 0.910. The molecule has 6 heteroatoms. The average molecular weight is 330 g/mol. The van der Waals surface area contributed by atoms with Gasteiger partial charge in [0.15, 0.2) is 16.6 Å². The van der Waals surface area contributed by atoms with E-state index in [2.05, 4.69) is 10.3 Å². The van der Waals surface area contributed by atoms with Gasteiger partial charge < -0.3 is 9.47 Å². The number of hydrogen-bond acceptors (Lipinski definition) is 5. The lowest BCUT2D eigenvalue weighted by atomic mass is 10.0. The van der Waals surface area contributed by atoms with E-state index in [1.165, 1.54) is 30.6 Å². The summed E-state index contributed by atoms with van der Waals surface area (Å²) in [7, 11) is 0. The molecule has 23 heavy (non-hydrogen) atoms. The second-order valence-electron chi connectivity index (χ2n) is 5.80. The number of carbonyl (C=O) groups is 1.